The van der Waals surface area contributed by atoms with Crippen molar-refractivity contribution in [1.29, 1.82) is 0 Å². The Hall–Kier alpha value is -2.51. The van der Waals surface area contributed by atoms with Gasteiger partial charge in [0.15, 0.2) is 0 Å². The van der Waals surface area contributed by atoms with Crippen molar-refractivity contribution in [3.05, 3.63) is 47.6 Å². The van der Waals surface area contributed by atoms with Gasteiger partial charge in [-0.2, -0.15) is 5.10 Å². The fraction of sp³-hybridized carbons (Fsp3) is 0.450. The third kappa shape index (κ3) is 4.09. The van der Waals surface area contributed by atoms with E-state index in [9.17, 15) is 4.79 Å². The van der Waals surface area contributed by atoms with Gasteiger partial charge < -0.3 is 10.2 Å². The highest BCUT2D eigenvalue weighted by Crippen LogP contribution is 2.34. The number of nitrogens with one attached hydrogen (secondary N) is 2. The highest BCUT2D eigenvalue weighted by atomic mass is 16.2. The maximum absolute atomic E-state index is 12.4. The third-order valence-corrected chi connectivity index (χ3v) is 5.46. The molecule has 0 spiro atoms. The first-order chi connectivity index (χ1) is 13.1. The molecule has 2 atom stereocenters. The minimum Gasteiger partial charge on any atom is -0.310 e. The summed E-state index contributed by atoms with van der Waals surface area (Å²) in [6.45, 7) is 6.47. The van der Waals surface area contributed by atoms with E-state index in [0.29, 0.717) is 18.3 Å². The molecule has 7 nitrogen and oxygen atoms in total. The standard InChI is InChI=1S/C20H26N6O/c1-14-7-15(17-10-22-23-11-17)8-16-9-19(21-12-18(14)16)24-20(27)13-26-5-3-25(2)4-6-26/h7-12,14,18H,3-6,13H2,1-2H3,(H,22,23)(H,24,27). The third-order valence-electron chi connectivity index (χ3n) is 5.46. The second kappa shape index (κ2) is 7.62. The van der Waals surface area contributed by atoms with E-state index in [-0.39, 0.29) is 11.8 Å². The molecule has 4 rings (SSSR count). The van der Waals surface area contributed by atoms with Crippen LogP contribution in [0.15, 0.2) is 47.0 Å². The molecule has 1 aliphatic carbocycles. The Morgan fingerprint density at radius 1 is 1.30 bits per heavy atom. The van der Waals surface area contributed by atoms with Gasteiger partial charge >= 0.3 is 0 Å². The zero-order valence-corrected chi connectivity index (χ0v) is 15.9. The predicted octanol–water partition coefficient (Wildman–Crippen LogP) is 1.27. The van der Waals surface area contributed by atoms with Gasteiger partial charge in [0.05, 0.1) is 12.7 Å². The van der Waals surface area contributed by atoms with Crippen LogP contribution < -0.4 is 5.32 Å². The predicted molar refractivity (Wildman–Crippen MR) is 106 cm³/mol. The van der Waals surface area contributed by atoms with E-state index < -0.39 is 0 Å². The summed E-state index contributed by atoms with van der Waals surface area (Å²) in [5.74, 6) is 1.21. The molecule has 0 aromatic carbocycles. The van der Waals surface area contributed by atoms with Crippen molar-refractivity contribution in [3.8, 4) is 0 Å². The van der Waals surface area contributed by atoms with Gasteiger partial charge in [-0.25, -0.2) is 4.99 Å². The van der Waals surface area contributed by atoms with Crippen molar-refractivity contribution < 1.29 is 4.79 Å². The van der Waals surface area contributed by atoms with Gasteiger partial charge in [-0.1, -0.05) is 19.1 Å². The van der Waals surface area contributed by atoms with Gasteiger partial charge in [-0.05, 0) is 30.2 Å². The Labute approximate surface area is 159 Å². The molecular weight excluding hydrogens is 340 g/mol. The number of fused-ring (bicyclic) bond motifs is 1. The molecule has 2 unspecified atom stereocenters. The second-order valence-electron chi connectivity index (χ2n) is 7.57. The van der Waals surface area contributed by atoms with Crippen LogP contribution in [-0.2, 0) is 4.79 Å². The highest BCUT2D eigenvalue weighted by Gasteiger charge is 2.26. The van der Waals surface area contributed by atoms with Crippen molar-refractivity contribution in [1.82, 2.24) is 25.3 Å². The molecule has 1 amide bonds. The Kier molecular flexibility index (Phi) is 5.05. The molecule has 142 valence electrons. The van der Waals surface area contributed by atoms with Gasteiger partial charge in [-0.15, -0.1) is 0 Å². The molecule has 0 bridgehead atoms. The summed E-state index contributed by atoms with van der Waals surface area (Å²) in [4.78, 5) is 21.4. The zero-order chi connectivity index (χ0) is 18.8. The summed E-state index contributed by atoms with van der Waals surface area (Å²) >= 11 is 0. The van der Waals surface area contributed by atoms with Gasteiger partial charge in [0, 0.05) is 50.1 Å². The molecule has 1 saturated heterocycles. The minimum absolute atomic E-state index is 0.00328. The number of likely N-dealkylation sites (N-methyl/N-ethyl adjacent to an activating group) is 1. The molecule has 0 saturated carbocycles. The lowest BCUT2D eigenvalue weighted by Gasteiger charge is -2.32. The van der Waals surface area contributed by atoms with Crippen LogP contribution in [0.25, 0.3) is 5.57 Å². The Balaban J connectivity index is 1.42. The van der Waals surface area contributed by atoms with E-state index in [0.717, 1.165) is 37.3 Å². The number of hydrogen-bond acceptors (Lipinski definition) is 5. The van der Waals surface area contributed by atoms with Crippen LogP contribution in [-0.4, -0.2) is 71.9 Å². The smallest absolute Gasteiger partial charge is 0.239 e. The highest BCUT2D eigenvalue weighted by molar-refractivity contribution is 5.84. The number of amides is 1. The second-order valence-corrected chi connectivity index (χ2v) is 7.57. The largest absolute Gasteiger partial charge is 0.310 e. The number of rotatable bonds is 4. The summed E-state index contributed by atoms with van der Waals surface area (Å²) in [5.41, 5.74) is 3.40. The topological polar surface area (TPSA) is 76.6 Å². The van der Waals surface area contributed by atoms with Crippen LogP contribution in [0.2, 0.25) is 0 Å². The van der Waals surface area contributed by atoms with Crippen molar-refractivity contribution in [2.75, 3.05) is 39.8 Å². The molecule has 2 aliphatic heterocycles. The van der Waals surface area contributed by atoms with Crippen molar-refractivity contribution in [2.24, 2.45) is 16.8 Å². The Morgan fingerprint density at radius 2 is 2.11 bits per heavy atom. The number of nitrogens with zero attached hydrogens (tertiary/aromatic N) is 4. The normalized spacial score (nSPS) is 26.1. The number of carbonyl (C=O) groups excluding carboxylic acids is 1. The fourth-order valence-corrected chi connectivity index (χ4v) is 3.78. The maximum atomic E-state index is 12.4. The lowest BCUT2D eigenvalue weighted by Crippen LogP contribution is -2.48. The Morgan fingerprint density at radius 3 is 2.85 bits per heavy atom. The molecule has 3 heterocycles. The van der Waals surface area contributed by atoms with E-state index in [1.165, 1.54) is 5.57 Å². The summed E-state index contributed by atoms with van der Waals surface area (Å²) in [5, 5.41) is 9.87. The SMILES string of the molecule is CC1C=C(c2cn[nH]c2)C=C2C=C(NC(=O)CN3CCN(C)CC3)N=CC21. The zero-order valence-electron chi connectivity index (χ0n) is 15.9. The summed E-state index contributed by atoms with van der Waals surface area (Å²) < 4.78 is 0. The van der Waals surface area contributed by atoms with Gasteiger partial charge in [0.2, 0.25) is 5.91 Å². The lowest BCUT2D eigenvalue weighted by atomic mass is 9.79. The average Bonchev–Trinajstić information content (AvgIpc) is 3.18. The van der Waals surface area contributed by atoms with Crippen LogP contribution >= 0.6 is 0 Å². The first-order valence-electron chi connectivity index (χ1n) is 9.48. The summed E-state index contributed by atoms with van der Waals surface area (Å²) in [6.07, 6.45) is 12.1. The maximum Gasteiger partial charge on any atom is 0.239 e. The fourth-order valence-electron chi connectivity index (χ4n) is 3.78. The molecular formula is C20H26N6O. The van der Waals surface area contributed by atoms with Gasteiger partial charge in [0.25, 0.3) is 0 Å². The molecule has 0 radical (unpaired) electrons. The number of piperazine rings is 1. The number of aromatic nitrogens is 2. The van der Waals surface area contributed by atoms with E-state index in [2.05, 4.69) is 56.4 Å². The molecule has 2 N–H and O–H groups in total. The number of aromatic amines is 1. The van der Waals surface area contributed by atoms with Crippen molar-refractivity contribution in [2.45, 2.75) is 6.92 Å². The van der Waals surface area contributed by atoms with Gasteiger partial charge in [-0.3, -0.25) is 14.8 Å². The van der Waals surface area contributed by atoms with Gasteiger partial charge in [0.1, 0.15) is 5.82 Å². The molecule has 1 aromatic rings. The number of H-pyrrole nitrogens is 1. The first-order valence-corrected chi connectivity index (χ1v) is 9.48. The first kappa shape index (κ1) is 17.9. The van der Waals surface area contributed by atoms with Crippen LogP contribution in [0, 0.1) is 11.8 Å². The monoisotopic (exact) mass is 366 g/mol. The van der Waals surface area contributed by atoms with Crippen molar-refractivity contribution >= 4 is 17.7 Å². The van der Waals surface area contributed by atoms with Crippen LogP contribution in [0.4, 0.5) is 0 Å². The van der Waals surface area contributed by atoms with E-state index in [1.54, 1.807) is 0 Å². The van der Waals surface area contributed by atoms with E-state index >= 15 is 0 Å². The average molecular weight is 366 g/mol. The van der Waals surface area contributed by atoms with Crippen LogP contribution in [0.3, 0.4) is 0 Å². The molecule has 1 aromatic heterocycles. The lowest BCUT2D eigenvalue weighted by molar-refractivity contribution is -0.121. The summed E-state index contributed by atoms with van der Waals surface area (Å²) in [6, 6.07) is 0. The molecule has 1 fully saturated rings. The number of aliphatic imine (C=N–C) groups is 1. The molecule has 3 aliphatic rings. The van der Waals surface area contributed by atoms with E-state index in [4.69, 9.17) is 0 Å². The molecule has 7 heteroatoms. The quantitative estimate of drug-likeness (QED) is 0.842. The Bertz CT molecular complexity index is 812. The van der Waals surface area contributed by atoms with E-state index in [1.807, 2.05) is 24.7 Å². The van der Waals surface area contributed by atoms with Crippen LogP contribution in [0.1, 0.15) is 12.5 Å². The summed E-state index contributed by atoms with van der Waals surface area (Å²) in [7, 11) is 2.11. The number of carbonyl (C=O) groups is 1. The minimum atomic E-state index is -0.00328. The molecule has 27 heavy (non-hydrogen) atoms. The van der Waals surface area contributed by atoms with Crippen molar-refractivity contribution in [3.63, 3.8) is 0 Å². The number of allylic oxidation sites excluding steroid dienone is 5. The van der Waals surface area contributed by atoms with Crippen LogP contribution in [0.5, 0.6) is 0 Å². The number of hydrogen-bond donors (Lipinski definition) is 2.